The summed E-state index contributed by atoms with van der Waals surface area (Å²) in [6.07, 6.45) is 28.5. The fourth-order valence-electron chi connectivity index (χ4n) is 6.89. The van der Waals surface area contributed by atoms with Crippen molar-refractivity contribution in [3.63, 3.8) is 0 Å². The number of hydrogen-bond donors (Lipinski definition) is 3. The van der Waals surface area contributed by atoms with Crippen LogP contribution in [0.4, 0.5) is 0 Å². The summed E-state index contributed by atoms with van der Waals surface area (Å²) in [6.45, 7) is 21.1. The quantitative estimate of drug-likeness (QED) is 0.0233. The van der Waals surface area contributed by atoms with Crippen LogP contribution in [-0.4, -0.2) is 73.5 Å². The molecule has 2 heterocycles. The first kappa shape index (κ1) is 43.2. The summed E-state index contributed by atoms with van der Waals surface area (Å²) in [5, 5.41) is 29.3. The Bertz CT molecular complexity index is 1330. The van der Waals surface area contributed by atoms with Crippen LogP contribution < -0.4 is 16.0 Å². The number of aliphatic imine (C=N–C) groups is 1. The van der Waals surface area contributed by atoms with E-state index in [0.29, 0.717) is 29.5 Å². The number of rotatable bonds is 19. The molecule has 11 heteroatoms. The normalized spacial score (nSPS) is 22.8. The third-order valence-electron chi connectivity index (χ3n) is 9.71. The molecule has 0 aromatic carbocycles. The van der Waals surface area contributed by atoms with Crippen molar-refractivity contribution >= 4 is 61.7 Å². The fourth-order valence-corrected chi connectivity index (χ4v) is 9.14. The van der Waals surface area contributed by atoms with Crippen molar-refractivity contribution in [2.75, 3.05) is 44.5 Å². The van der Waals surface area contributed by atoms with Gasteiger partial charge >= 0.3 is 0 Å². The van der Waals surface area contributed by atoms with Gasteiger partial charge in [-0.15, -0.1) is 10.2 Å². The van der Waals surface area contributed by atoms with E-state index >= 15 is 0 Å². The molecule has 2 unspecified atom stereocenters. The van der Waals surface area contributed by atoms with Crippen molar-refractivity contribution in [2.45, 2.75) is 78.1 Å². The van der Waals surface area contributed by atoms with Gasteiger partial charge in [-0.1, -0.05) is 99.9 Å². The van der Waals surface area contributed by atoms with E-state index in [0.717, 1.165) is 98.2 Å². The maximum absolute atomic E-state index is 4.81. The van der Waals surface area contributed by atoms with Gasteiger partial charge in [0.05, 0.1) is 5.88 Å². The van der Waals surface area contributed by atoms with Crippen LogP contribution in [0.3, 0.4) is 0 Å². The SMILES string of the molecule is C=N/N=C(\SCNCCC(=C)/C=C\C(=C/C)C1CCNCC1)C1CCC[C@H](/C(=N/N=C)SCN=C(P)C/C=C/C=C(\C=C/C)C2CCNCC2)C1. The zero-order chi connectivity index (χ0) is 36.5. The first-order valence-electron chi connectivity index (χ1n) is 18.7. The Morgan fingerprint density at radius 3 is 2.06 bits per heavy atom. The summed E-state index contributed by atoms with van der Waals surface area (Å²) in [5.74, 6) is 3.30. The highest BCUT2D eigenvalue weighted by Gasteiger charge is 2.30. The number of hydrogen-bond acceptors (Lipinski definition) is 10. The average Bonchev–Trinajstić information content (AvgIpc) is 3.16. The highest BCUT2D eigenvalue weighted by atomic mass is 32.2. The molecule has 3 aliphatic rings. The fraction of sp³-hybridized carbons (Fsp3) is 0.575. The maximum atomic E-state index is 4.81. The third kappa shape index (κ3) is 17.0. The zero-order valence-electron chi connectivity index (χ0n) is 31.2. The van der Waals surface area contributed by atoms with Gasteiger partial charge in [0.2, 0.25) is 0 Å². The van der Waals surface area contributed by atoms with Gasteiger partial charge in [-0.3, -0.25) is 4.99 Å². The van der Waals surface area contributed by atoms with Gasteiger partial charge in [0.15, 0.2) is 0 Å². The number of piperidine rings is 2. The number of nitrogens with one attached hydrogen (secondary N) is 3. The molecule has 1 aliphatic carbocycles. The predicted octanol–water partition coefficient (Wildman–Crippen LogP) is 8.96. The van der Waals surface area contributed by atoms with Crippen LogP contribution in [0.2, 0.25) is 0 Å². The lowest BCUT2D eigenvalue weighted by molar-refractivity contribution is 0.390. The number of nitrogens with zero attached hydrogens (tertiary/aromatic N) is 5. The van der Waals surface area contributed by atoms with Crippen LogP contribution in [0.5, 0.6) is 0 Å². The Morgan fingerprint density at radius 2 is 1.45 bits per heavy atom. The lowest BCUT2D eigenvalue weighted by atomic mass is 9.82. The Morgan fingerprint density at radius 1 is 0.824 bits per heavy atom. The third-order valence-corrected chi connectivity index (χ3v) is 12.2. The van der Waals surface area contributed by atoms with Crippen LogP contribution in [0, 0.1) is 23.7 Å². The van der Waals surface area contributed by atoms with Gasteiger partial charge in [-0.2, -0.15) is 10.2 Å². The highest BCUT2D eigenvalue weighted by Crippen LogP contribution is 2.36. The Hall–Kier alpha value is -2.20. The summed E-state index contributed by atoms with van der Waals surface area (Å²) in [5.41, 5.74) is 5.02. The molecule has 8 nitrogen and oxygen atoms in total. The molecule has 0 aromatic rings. The van der Waals surface area contributed by atoms with Crippen molar-refractivity contribution in [1.29, 1.82) is 0 Å². The van der Waals surface area contributed by atoms with E-state index in [1.807, 2.05) is 0 Å². The Balaban J connectivity index is 1.43. The molecule has 0 aromatic heterocycles. The monoisotopic (exact) mass is 750 g/mol. The second-order valence-electron chi connectivity index (χ2n) is 13.3. The molecule has 0 amide bonds. The molecule has 2 saturated heterocycles. The van der Waals surface area contributed by atoms with Gasteiger partial charge in [-0.05, 0) is 121 Å². The van der Waals surface area contributed by atoms with Gasteiger partial charge in [0.1, 0.15) is 10.1 Å². The molecular formula is C40H63N8PS2. The average molecular weight is 751 g/mol. The molecule has 3 N–H and O–H groups in total. The van der Waals surface area contributed by atoms with Crippen molar-refractivity contribution in [3.05, 3.63) is 71.9 Å². The molecule has 0 spiro atoms. The van der Waals surface area contributed by atoms with E-state index in [1.54, 1.807) is 23.5 Å². The summed E-state index contributed by atoms with van der Waals surface area (Å²) in [7, 11) is 2.80. The van der Waals surface area contributed by atoms with Gasteiger partial charge in [0.25, 0.3) is 0 Å². The molecule has 0 radical (unpaired) electrons. The molecule has 280 valence electrons. The standard InChI is InChI=1S/C40H63N8PS2/c1-6-11-33(35-21-26-44-27-22-35)12-8-9-15-38(49)46-30-51-40(48-42-5)37-14-10-13-36(28-37)39(47-41-4)50-29-45-23-18-31(3)16-17-32(7-2)34-19-24-43-25-20-34/h6-9,11-12,16-17,34-37,43-45H,3-5,10,13-15,18-30,49H2,1-2H3/b9-8+,11-6-,17-16-,32-7+,33-12+,46-38?,47-39-,48-40-/t36?,37-/m0/s1. The second-order valence-corrected chi connectivity index (χ2v) is 15.9. The smallest absolute Gasteiger partial charge is 0.101 e. The molecule has 3 atom stereocenters. The van der Waals surface area contributed by atoms with Crippen LogP contribution in [0.25, 0.3) is 0 Å². The topological polar surface area (TPSA) is 97.9 Å². The highest BCUT2D eigenvalue weighted by molar-refractivity contribution is 8.14. The van der Waals surface area contributed by atoms with Gasteiger partial charge < -0.3 is 16.0 Å². The largest absolute Gasteiger partial charge is 0.317 e. The molecule has 2 aliphatic heterocycles. The van der Waals surface area contributed by atoms with Gasteiger partial charge in [-0.25, -0.2) is 0 Å². The minimum atomic E-state index is 0.304. The molecule has 0 bridgehead atoms. The van der Waals surface area contributed by atoms with Crippen LogP contribution in [0.1, 0.15) is 78.1 Å². The van der Waals surface area contributed by atoms with Crippen molar-refractivity contribution in [1.82, 2.24) is 16.0 Å². The summed E-state index contributed by atoms with van der Waals surface area (Å²) in [6, 6.07) is 0. The van der Waals surface area contributed by atoms with Crippen molar-refractivity contribution < 1.29 is 0 Å². The lowest BCUT2D eigenvalue weighted by Gasteiger charge is -2.29. The summed E-state index contributed by atoms with van der Waals surface area (Å²) >= 11 is 3.40. The maximum Gasteiger partial charge on any atom is 0.101 e. The number of allylic oxidation sites excluding steroid dienone is 10. The first-order valence-corrected chi connectivity index (χ1v) is 21.3. The summed E-state index contributed by atoms with van der Waals surface area (Å²) < 4.78 is 0. The van der Waals surface area contributed by atoms with Crippen LogP contribution in [0.15, 0.2) is 97.3 Å². The van der Waals surface area contributed by atoms with E-state index < -0.39 is 0 Å². The van der Waals surface area contributed by atoms with E-state index in [1.165, 1.54) is 36.8 Å². The summed E-state index contributed by atoms with van der Waals surface area (Å²) in [4.78, 5) is 4.81. The van der Waals surface area contributed by atoms with E-state index in [4.69, 9.17) is 4.99 Å². The zero-order valence-corrected chi connectivity index (χ0v) is 34.0. The second kappa shape index (κ2) is 26.5. The molecule has 3 rings (SSSR count). The van der Waals surface area contributed by atoms with Crippen molar-refractivity contribution in [3.8, 4) is 0 Å². The molecular weight excluding hydrogens is 688 g/mol. The minimum absolute atomic E-state index is 0.304. The van der Waals surface area contributed by atoms with Crippen molar-refractivity contribution in [2.24, 2.45) is 49.1 Å². The Labute approximate surface area is 319 Å². The van der Waals surface area contributed by atoms with Crippen LogP contribution >= 0.6 is 32.8 Å². The predicted molar refractivity (Wildman–Crippen MR) is 234 cm³/mol. The first-order chi connectivity index (χ1) is 25.0. The molecule has 3 fully saturated rings. The lowest BCUT2D eigenvalue weighted by Crippen LogP contribution is -2.28. The Kier molecular flexibility index (Phi) is 22.5. The minimum Gasteiger partial charge on any atom is -0.317 e. The van der Waals surface area contributed by atoms with E-state index in [9.17, 15) is 0 Å². The van der Waals surface area contributed by atoms with Gasteiger partial charge in [0, 0.05) is 43.0 Å². The number of thioether (sulfide) groups is 2. The van der Waals surface area contributed by atoms with Crippen LogP contribution in [-0.2, 0) is 0 Å². The van der Waals surface area contributed by atoms with E-state index in [-0.39, 0.29) is 0 Å². The molecule has 51 heavy (non-hydrogen) atoms. The van der Waals surface area contributed by atoms with E-state index in [2.05, 4.69) is 128 Å². The molecule has 1 saturated carbocycles.